The Morgan fingerprint density at radius 2 is 2.00 bits per heavy atom. The third-order valence-electron chi connectivity index (χ3n) is 3.53. The molecule has 1 fully saturated rings. The lowest BCUT2D eigenvalue weighted by molar-refractivity contribution is -0.118. The van der Waals surface area contributed by atoms with Crippen LogP contribution in [0.25, 0.3) is 0 Å². The number of hydrogen-bond acceptors (Lipinski definition) is 2. The van der Waals surface area contributed by atoms with Crippen LogP contribution in [0.2, 0.25) is 0 Å². The van der Waals surface area contributed by atoms with Gasteiger partial charge in [-0.3, -0.25) is 9.78 Å². The molecule has 1 aromatic carbocycles. The van der Waals surface area contributed by atoms with Crippen molar-refractivity contribution in [1.29, 1.82) is 0 Å². The number of rotatable bonds is 4. The Kier molecular flexibility index (Phi) is 3.46. The van der Waals surface area contributed by atoms with E-state index in [0.29, 0.717) is 11.6 Å². The van der Waals surface area contributed by atoms with Crippen molar-refractivity contribution in [2.45, 2.75) is 18.8 Å². The number of hydrogen-bond donors (Lipinski definition) is 1. The van der Waals surface area contributed by atoms with Crippen LogP contribution < -0.4 is 5.32 Å². The molecule has 1 N–H and O–H groups in total. The van der Waals surface area contributed by atoms with E-state index in [1.165, 1.54) is 12.1 Å². The van der Waals surface area contributed by atoms with Crippen molar-refractivity contribution in [3.8, 4) is 0 Å². The van der Waals surface area contributed by atoms with E-state index in [0.717, 1.165) is 18.4 Å². The zero-order valence-electron chi connectivity index (χ0n) is 10.9. The number of halogens is 1. The second kappa shape index (κ2) is 5.41. The molecule has 0 radical (unpaired) electrons. The zero-order valence-corrected chi connectivity index (χ0v) is 10.9. The van der Waals surface area contributed by atoms with Crippen molar-refractivity contribution in [3.05, 3.63) is 60.2 Å². The predicted molar refractivity (Wildman–Crippen MR) is 74.7 cm³/mol. The van der Waals surface area contributed by atoms with E-state index in [4.69, 9.17) is 0 Å². The fourth-order valence-corrected chi connectivity index (χ4v) is 2.39. The average Bonchev–Trinajstić information content (AvgIpc) is 3.27. The summed E-state index contributed by atoms with van der Waals surface area (Å²) in [5, 5.41) is 2.88. The van der Waals surface area contributed by atoms with Gasteiger partial charge in [0.2, 0.25) is 5.91 Å². The van der Waals surface area contributed by atoms with Crippen LogP contribution in [0, 0.1) is 11.7 Å². The molecule has 1 atom stereocenters. The quantitative estimate of drug-likeness (QED) is 0.925. The van der Waals surface area contributed by atoms with Crippen molar-refractivity contribution in [2.75, 3.05) is 5.32 Å². The Labute approximate surface area is 116 Å². The van der Waals surface area contributed by atoms with Gasteiger partial charge >= 0.3 is 0 Å². The molecule has 1 heterocycles. The maximum Gasteiger partial charge on any atom is 0.232 e. The second-order valence-electron chi connectivity index (χ2n) is 5.10. The van der Waals surface area contributed by atoms with Crippen LogP contribution in [0.3, 0.4) is 0 Å². The molecular weight excluding hydrogens is 255 g/mol. The van der Waals surface area contributed by atoms with Gasteiger partial charge in [-0.05, 0) is 48.6 Å². The Morgan fingerprint density at radius 1 is 1.25 bits per heavy atom. The van der Waals surface area contributed by atoms with E-state index in [1.807, 2.05) is 0 Å². The van der Waals surface area contributed by atoms with Gasteiger partial charge in [0.1, 0.15) is 5.82 Å². The SMILES string of the molecule is O=C(Nc1cccnc1)C(c1ccc(F)cc1)C1CC1. The lowest BCUT2D eigenvalue weighted by Gasteiger charge is -2.16. The van der Waals surface area contributed by atoms with Crippen LogP contribution in [-0.4, -0.2) is 10.9 Å². The van der Waals surface area contributed by atoms with Gasteiger partial charge in [-0.1, -0.05) is 12.1 Å². The Balaban J connectivity index is 1.80. The highest BCUT2D eigenvalue weighted by molar-refractivity contribution is 5.96. The number of nitrogens with one attached hydrogen (secondary N) is 1. The number of carbonyl (C=O) groups is 1. The lowest BCUT2D eigenvalue weighted by Crippen LogP contribution is -2.22. The highest BCUT2D eigenvalue weighted by atomic mass is 19.1. The van der Waals surface area contributed by atoms with Crippen LogP contribution in [0.4, 0.5) is 10.1 Å². The molecule has 4 heteroatoms. The fraction of sp³-hybridized carbons (Fsp3) is 0.250. The van der Waals surface area contributed by atoms with Crippen LogP contribution >= 0.6 is 0 Å². The Morgan fingerprint density at radius 3 is 2.60 bits per heavy atom. The molecule has 0 saturated heterocycles. The second-order valence-corrected chi connectivity index (χ2v) is 5.10. The van der Waals surface area contributed by atoms with Crippen LogP contribution in [0.15, 0.2) is 48.8 Å². The predicted octanol–water partition coefficient (Wildman–Crippen LogP) is 3.35. The van der Waals surface area contributed by atoms with Gasteiger partial charge in [0, 0.05) is 6.20 Å². The first kappa shape index (κ1) is 12.8. The zero-order chi connectivity index (χ0) is 13.9. The largest absolute Gasteiger partial charge is 0.324 e. The summed E-state index contributed by atoms with van der Waals surface area (Å²) in [6, 6.07) is 9.78. The molecule has 0 aliphatic heterocycles. The number of benzene rings is 1. The molecule has 1 saturated carbocycles. The molecule has 1 aliphatic carbocycles. The van der Waals surface area contributed by atoms with Crippen molar-refractivity contribution < 1.29 is 9.18 Å². The molecule has 102 valence electrons. The third-order valence-corrected chi connectivity index (χ3v) is 3.53. The van der Waals surface area contributed by atoms with E-state index in [1.54, 1.807) is 36.7 Å². The molecule has 1 unspecified atom stereocenters. The van der Waals surface area contributed by atoms with E-state index in [-0.39, 0.29) is 17.6 Å². The smallest absolute Gasteiger partial charge is 0.232 e. The molecule has 2 aromatic rings. The number of carbonyl (C=O) groups excluding carboxylic acids is 1. The van der Waals surface area contributed by atoms with Crippen molar-refractivity contribution in [2.24, 2.45) is 5.92 Å². The van der Waals surface area contributed by atoms with Gasteiger partial charge in [0.05, 0.1) is 17.8 Å². The number of anilines is 1. The number of pyridine rings is 1. The summed E-state index contributed by atoms with van der Waals surface area (Å²) in [6.07, 6.45) is 5.37. The molecule has 1 aromatic heterocycles. The van der Waals surface area contributed by atoms with Crippen molar-refractivity contribution in [1.82, 2.24) is 4.98 Å². The monoisotopic (exact) mass is 270 g/mol. The first-order valence-corrected chi connectivity index (χ1v) is 6.70. The van der Waals surface area contributed by atoms with E-state index in [2.05, 4.69) is 10.3 Å². The summed E-state index contributed by atoms with van der Waals surface area (Å²) in [5.74, 6) is -0.184. The molecule has 1 aliphatic rings. The minimum Gasteiger partial charge on any atom is -0.324 e. The van der Waals surface area contributed by atoms with Gasteiger partial charge in [-0.15, -0.1) is 0 Å². The van der Waals surface area contributed by atoms with E-state index >= 15 is 0 Å². The van der Waals surface area contributed by atoms with Gasteiger partial charge < -0.3 is 5.32 Å². The molecule has 0 bridgehead atoms. The molecule has 20 heavy (non-hydrogen) atoms. The summed E-state index contributed by atoms with van der Waals surface area (Å²) >= 11 is 0. The maximum atomic E-state index is 13.0. The number of nitrogens with zero attached hydrogens (tertiary/aromatic N) is 1. The average molecular weight is 270 g/mol. The third kappa shape index (κ3) is 2.85. The Hall–Kier alpha value is -2.23. The first-order chi connectivity index (χ1) is 9.74. The van der Waals surface area contributed by atoms with Crippen LogP contribution in [0.5, 0.6) is 0 Å². The molecule has 0 spiro atoms. The van der Waals surface area contributed by atoms with Gasteiger partial charge in [0.25, 0.3) is 0 Å². The normalized spacial score (nSPS) is 15.7. The summed E-state index contributed by atoms with van der Waals surface area (Å²) in [4.78, 5) is 16.4. The lowest BCUT2D eigenvalue weighted by atomic mass is 9.93. The number of amides is 1. The number of aromatic nitrogens is 1. The fourth-order valence-electron chi connectivity index (χ4n) is 2.39. The van der Waals surface area contributed by atoms with Crippen LogP contribution in [0.1, 0.15) is 24.3 Å². The summed E-state index contributed by atoms with van der Waals surface area (Å²) in [5.41, 5.74) is 1.56. The van der Waals surface area contributed by atoms with Gasteiger partial charge in [0.15, 0.2) is 0 Å². The standard InChI is InChI=1S/C16H15FN2O/c17-13-7-5-12(6-8-13)15(11-3-4-11)16(20)19-14-2-1-9-18-10-14/h1-2,5-11,15H,3-4H2,(H,19,20). The van der Waals surface area contributed by atoms with Crippen molar-refractivity contribution in [3.63, 3.8) is 0 Å². The highest BCUT2D eigenvalue weighted by Gasteiger charge is 2.37. The van der Waals surface area contributed by atoms with Crippen LogP contribution in [-0.2, 0) is 4.79 Å². The minimum absolute atomic E-state index is 0.0490. The summed E-state index contributed by atoms with van der Waals surface area (Å²) in [7, 11) is 0. The first-order valence-electron chi connectivity index (χ1n) is 6.70. The minimum atomic E-state index is -0.282. The summed E-state index contributed by atoms with van der Waals surface area (Å²) < 4.78 is 13.0. The van der Waals surface area contributed by atoms with E-state index in [9.17, 15) is 9.18 Å². The Bertz CT molecular complexity index is 594. The summed E-state index contributed by atoms with van der Waals surface area (Å²) in [6.45, 7) is 0. The van der Waals surface area contributed by atoms with Gasteiger partial charge in [-0.25, -0.2) is 4.39 Å². The molecule has 1 amide bonds. The topological polar surface area (TPSA) is 42.0 Å². The molecule has 3 rings (SSSR count). The van der Waals surface area contributed by atoms with Gasteiger partial charge in [-0.2, -0.15) is 0 Å². The highest BCUT2D eigenvalue weighted by Crippen LogP contribution is 2.43. The van der Waals surface area contributed by atoms with E-state index < -0.39 is 0 Å². The molecule has 3 nitrogen and oxygen atoms in total. The molecular formula is C16H15FN2O. The van der Waals surface area contributed by atoms with Crippen molar-refractivity contribution >= 4 is 11.6 Å². The maximum absolute atomic E-state index is 13.0.